The van der Waals surface area contributed by atoms with Gasteiger partial charge in [-0.15, -0.1) is 0 Å². The maximum atomic E-state index is 13.8. The van der Waals surface area contributed by atoms with Gasteiger partial charge < -0.3 is 10.3 Å². The van der Waals surface area contributed by atoms with Gasteiger partial charge in [0.2, 0.25) is 0 Å². The molecule has 0 bridgehead atoms. The SMILES string of the molecule is Nc1cccc(F)c1-c1nc(C2CCCCCC2)no1. The van der Waals surface area contributed by atoms with Crippen molar-refractivity contribution < 1.29 is 8.91 Å². The third kappa shape index (κ3) is 2.53. The summed E-state index contributed by atoms with van der Waals surface area (Å²) in [6.45, 7) is 0. The second-order valence-electron chi connectivity index (χ2n) is 5.35. The average Bonchev–Trinajstić information content (AvgIpc) is 2.74. The minimum absolute atomic E-state index is 0.180. The molecule has 0 atom stereocenters. The van der Waals surface area contributed by atoms with Gasteiger partial charge in [0.15, 0.2) is 5.82 Å². The number of anilines is 1. The first-order valence-electron chi connectivity index (χ1n) is 7.13. The monoisotopic (exact) mass is 275 g/mol. The molecule has 20 heavy (non-hydrogen) atoms. The minimum Gasteiger partial charge on any atom is -0.398 e. The molecule has 0 aliphatic heterocycles. The molecular weight excluding hydrogens is 257 g/mol. The van der Waals surface area contributed by atoms with E-state index in [0.29, 0.717) is 17.4 Å². The van der Waals surface area contributed by atoms with Crippen LogP contribution < -0.4 is 5.73 Å². The first-order chi connectivity index (χ1) is 9.75. The molecule has 5 heteroatoms. The fourth-order valence-electron chi connectivity index (χ4n) is 2.81. The van der Waals surface area contributed by atoms with E-state index in [4.69, 9.17) is 10.3 Å². The van der Waals surface area contributed by atoms with Gasteiger partial charge in [-0.2, -0.15) is 4.98 Å². The Morgan fingerprint density at radius 2 is 1.90 bits per heavy atom. The van der Waals surface area contributed by atoms with Gasteiger partial charge in [-0.1, -0.05) is 36.9 Å². The van der Waals surface area contributed by atoms with Crippen molar-refractivity contribution in [3.63, 3.8) is 0 Å². The highest BCUT2D eigenvalue weighted by atomic mass is 19.1. The van der Waals surface area contributed by atoms with Crippen LogP contribution in [0.4, 0.5) is 10.1 Å². The fraction of sp³-hybridized carbons (Fsp3) is 0.467. The molecule has 3 rings (SSSR count). The summed E-state index contributed by atoms with van der Waals surface area (Å²) in [6, 6.07) is 4.55. The summed E-state index contributed by atoms with van der Waals surface area (Å²) in [5.74, 6) is 0.758. The molecular formula is C15H18FN3O. The van der Waals surface area contributed by atoms with Crippen LogP contribution >= 0.6 is 0 Å². The number of nitrogens with zero attached hydrogens (tertiary/aromatic N) is 2. The molecule has 0 unspecified atom stereocenters. The van der Waals surface area contributed by atoms with E-state index >= 15 is 0 Å². The molecule has 1 aromatic heterocycles. The zero-order valence-corrected chi connectivity index (χ0v) is 11.3. The van der Waals surface area contributed by atoms with Crippen LogP contribution in [-0.2, 0) is 0 Å². The standard InChI is InChI=1S/C15H18FN3O/c16-11-8-5-9-12(17)13(11)15-18-14(19-20-15)10-6-3-1-2-4-7-10/h5,8-10H,1-4,6-7,17H2. The zero-order valence-electron chi connectivity index (χ0n) is 11.3. The van der Waals surface area contributed by atoms with Crippen LogP contribution in [-0.4, -0.2) is 10.1 Å². The quantitative estimate of drug-likeness (QED) is 0.667. The number of hydrogen-bond acceptors (Lipinski definition) is 4. The first kappa shape index (κ1) is 13.1. The Morgan fingerprint density at radius 3 is 2.60 bits per heavy atom. The van der Waals surface area contributed by atoms with Crippen LogP contribution in [0, 0.1) is 5.82 Å². The van der Waals surface area contributed by atoms with E-state index in [1.165, 1.54) is 31.7 Å². The maximum absolute atomic E-state index is 13.8. The van der Waals surface area contributed by atoms with Crippen LogP contribution in [0.3, 0.4) is 0 Å². The topological polar surface area (TPSA) is 64.9 Å². The van der Waals surface area contributed by atoms with E-state index in [1.807, 2.05) is 0 Å². The van der Waals surface area contributed by atoms with Crippen LogP contribution in [0.1, 0.15) is 50.3 Å². The highest BCUT2D eigenvalue weighted by Gasteiger charge is 2.22. The number of nitrogens with two attached hydrogens (primary N) is 1. The van der Waals surface area contributed by atoms with Gasteiger partial charge >= 0.3 is 0 Å². The van der Waals surface area contributed by atoms with Gasteiger partial charge in [0.25, 0.3) is 5.89 Å². The smallest absolute Gasteiger partial charge is 0.263 e. The number of halogens is 1. The summed E-state index contributed by atoms with van der Waals surface area (Å²) < 4.78 is 19.1. The molecule has 0 amide bonds. The van der Waals surface area contributed by atoms with Crippen molar-refractivity contribution in [1.82, 2.24) is 10.1 Å². The zero-order chi connectivity index (χ0) is 13.9. The lowest BCUT2D eigenvalue weighted by molar-refractivity contribution is 0.408. The summed E-state index contributed by atoms with van der Waals surface area (Å²) >= 11 is 0. The minimum atomic E-state index is -0.430. The highest BCUT2D eigenvalue weighted by Crippen LogP contribution is 2.33. The molecule has 1 fully saturated rings. The van der Waals surface area contributed by atoms with E-state index < -0.39 is 5.82 Å². The van der Waals surface area contributed by atoms with Gasteiger partial charge in [0.05, 0.1) is 5.56 Å². The molecule has 0 spiro atoms. The van der Waals surface area contributed by atoms with Gasteiger partial charge in [0, 0.05) is 11.6 Å². The summed E-state index contributed by atoms with van der Waals surface area (Å²) in [5, 5.41) is 4.03. The van der Waals surface area contributed by atoms with Gasteiger partial charge in [-0.3, -0.25) is 0 Å². The summed E-state index contributed by atoms with van der Waals surface area (Å²) in [6.07, 6.45) is 7.06. The second-order valence-corrected chi connectivity index (χ2v) is 5.35. The molecule has 1 aromatic carbocycles. The molecule has 4 nitrogen and oxygen atoms in total. The van der Waals surface area contributed by atoms with E-state index in [0.717, 1.165) is 12.8 Å². The number of hydrogen-bond donors (Lipinski definition) is 1. The first-order valence-corrected chi connectivity index (χ1v) is 7.13. The van der Waals surface area contributed by atoms with Crippen LogP contribution in [0.25, 0.3) is 11.5 Å². The molecule has 106 valence electrons. The van der Waals surface area contributed by atoms with Crippen LogP contribution in [0.15, 0.2) is 22.7 Å². The Kier molecular flexibility index (Phi) is 3.67. The third-order valence-corrected chi connectivity index (χ3v) is 3.92. The predicted octanol–water partition coefficient (Wildman–Crippen LogP) is 3.90. The Balaban J connectivity index is 1.90. The highest BCUT2D eigenvalue weighted by molar-refractivity contribution is 5.70. The normalized spacial score (nSPS) is 17.1. The molecule has 1 saturated carbocycles. The largest absolute Gasteiger partial charge is 0.398 e. The molecule has 1 aliphatic rings. The average molecular weight is 275 g/mol. The lowest BCUT2D eigenvalue weighted by Crippen LogP contribution is -2.00. The van der Waals surface area contributed by atoms with Crippen molar-refractivity contribution in [2.45, 2.75) is 44.4 Å². The summed E-state index contributed by atoms with van der Waals surface area (Å²) in [4.78, 5) is 4.37. The molecule has 0 saturated heterocycles. The molecule has 1 heterocycles. The fourth-order valence-corrected chi connectivity index (χ4v) is 2.81. The second kappa shape index (κ2) is 5.61. The molecule has 1 aliphatic carbocycles. The van der Waals surface area contributed by atoms with Gasteiger partial charge in [-0.25, -0.2) is 4.39 Å². The van der Waals surface area contributed by atoms with Crippen LogP contribution in [0.2, 0.25) is 0 Å². The third-order valence-electron chi connectivity index (χ3n) is 3.92. The van der Waals surface area contributed by atoms with E-state index in [2.05, 4.69) is 10.1 Å². The van der Waals surface area contributed by atoms with Crippen molar-refractivity contribution >= 4 is 5.69 Å². The number of aromatic nitrogens is 2. The maximum Gasteiger partial charge on any atom is 0.263 e. The lowest BCUT2D eigenvalue weighted by atomic mass is 10.00. The van der Waals surface area contributed by atoms with Crippen molar-refractivity contribution in [1.29, 1.82) is 0 Å². The van der Waals surface area contributed by atoms with Crippen molar-refractivity contribution in [2.24, 2.45) is 0 Å². The Bertz CT molecular complexity index is 568. The Morgan fingerprint density at radius 1 is 1.15 bits per heavy atom. The van der Waals surface area contributed by atoms with Gasteiger partial charge in [0.1, 0.15) is 5.82 Å². The summed E-state index contributed by atoms with van der Waals surface area (Å²) in [5.41, 5.74) is 6.33. The predicted molar refractivity (Wildman–Crippen MR) is 74.5 cm³/mol. The van der Waals surface area contributed by atoms with Crippen LogP contribution in [0.5, 0.6) is 0 Å². The Hall–Kier alpha value is -1.91. The van der Waals surface area contributed by atoms with E-state index in [1.54, 1.807) is 12.1 Å². The van der Waals surface area contributed by atoms with Crippen molar-refractivity contribution in [3.05, 3.63) is 29.8 Å². The summed E-state index contributed by atoms with van der Waals surface area (Å²) in [7, 11) is 0. The molecule has 0 radical (unpaired) electrons. The van der Waals surface area contributed by atoms with E-state index in [-0.39, 0.29) is 11.5 Å². The number of rotatable bonds is 2. The van der Waals surface area contributed by atoms with Gasteiger partial charge in [-0.05, 0) is 25.0 Å². The lowest BCUT2D eigenvalue weighted by Gasteiger charge is -2.07. The van der Waals surface area contributed by atoms with E-state index in [9.17, 15) is 4.39 Å². The molecule has 2 aromatic rings. The van der Waals surface area contributed by atoms with Crippen molar-refractivity contribution in [2.75, 3.05) is 5.73 Å². The Labute approximate surface area is 117 Å². The molecule has 2 N–H and O–H groups in total. The van der Waals surface area contributed by atoms with Crippen molar-refractivity contribution in [3.8, 4) is 11.5 Å². The number of benzene rings is 1. The number of nitrogen functional groups attached to an aromatic ring is 1.